The number of hydrogen-bond donors (Lipinski definition) is 2. The molecule has 11 heteroatoms. The lowest BCUT2D eigenvalue weighted by atomic mass is 10.2. The second-order valence-electron chi connectivity index (χ2n) is 7.16. The summed E-state index contributed by atoms with van der Waals surface area (Å²) < 4.78 is 16.5. The number of carbonyl (C=O) groups excluding carboxylic acids is 3. The first kappa shape index (κ1) is 28.1. The van der Waals surface area contributed by atoms with Crippen LogP contribution in [0, 0.1) is 6.92 Å². The van der Waals surface area contributed by atoms with E-state index in [4.69, 9.17) is 25.8 Å². The summed E-state index contributed by atoms with van der Waals surface area (Å²) in [5.41, 5.74) is 4.46. The number of hydrogen-bond acceptors (Lipinski definition) is 7. The van der Waals surface area contributed by atoms with Crippen molar-refractivity contribution in [2.75, 3.05) is 25.1 Å². The maximum atomic E-state index is 12.1. The molecule has 35 heavy (non-hydrogen) atoms. The Morgan fingerprint density at radius 1 is 1.06 bits per heavy atom. The molecule has 0 bridgehead atoms. The first-order valence-electron chi connectivity index (χ1n) is 10.9. The minimum Gasteiger partial charge on any atom is -0.490 e. The monoisotopic (exact) mass is 567 g/mol. The fourth-order valence-electron chi connectivity index (χ4n) is 2.76. The average Bonchev–Trinajstić information content (AvgIpc) is 2.80. The lowest BCUT2D eigenvalue weighted by Crippen LogP contribution is -2.20. The number of hydrazone groups is 1. The lowest BCUT2D eigenvalue weighted by Gasteiger charge is -2.14. The highest BCUT2D eigenvalue weighted by molar-refractivity contribution is 9.10. The van der Waals surface area contributed by atoms with Crippen molar-refractivity contribution in [2.45, 2.75) is 33.6 Å². The predicted molar refractivity (Wildman–Crippen MR) is 137 cm³/mol. The summed E-state index contributed by atoms with van der Waals surface area (Å²) in [6.45, 7) is 5.76. The second-order valence-corrected chi connectivity index (χ2v) is 8.42. The van der Waals surface area contributed by atoms with Crippen molar-refractivity contribution in [1.29, 1.82) is 0 Å². The van der Waals surface area contributed by atoms with Gasteiger partial charge in [-0.15, -0.1) is 0 Å². The largest absolute Gasteiger partial charge is 0.490 e. The van der Waals surface area contributed by atoms with Crippen LogP contribution in [0.1, 0.15) is 37.8 Å². The molecule has 0 unspecified atom stereocenters. The third-order valence-corrected chi connectivity index (χ3v) is 5.41. The number of aryl methyl sites for hydroxylation is 1. The van der Waals surface area contributed by atoms with Gasteiger partial charge in [0.25, 0.3) is 0 Å². The number of rotatable bonds is 12. The van der Waals surface area contributed by atoms with Crippen molar-refractivity contribution in [1.82, 2.24) is 5.43 Å². The molecule has 0 atom stereocenters. The Bertz CT molecular complexity index is 1090. The Morgan fingerprint density at radius 2 is 1.80 bits per heavy atom. The summed E-state index contributed by atoms with van der Waals surface area (Å²) in [4.78, 5) is 35.7. The molecule has 0 saturated carbocycles. The van der Waals surface area contributed by atoms with Gasteiger partial charge >= 0.3 is 5.97 Å². The molecular formula is C24H27BrClN3O6. The molecule has 188 valence electrons. The minimum absolute atomic E-state index is 0.0145. The van der Waals surface area contributed by atoms with E-state index in [-0.39, 0.29) is 32.0 Å². The smallest absolute Gasteiger partial charge is 0.344 e. The van der Waals surface area contributed by atoms with E-state index in [2.05, 4.69) is 31.8 Å². The minimum atomic E-state index is -0.494. The van der Waals surface area contributed by atoms with E-state index in [1.807, 2.05) is 13.8 Å². The highest BCUT2D eigenvalue weighted by atomic mass is 79.9. The van der Waals surface area contributed by atoms with Gasteiger partial charge in [0.1, 0.15) is 0 Å². The van der Waals surface area contributed by atoms with Crippen LogP contribution in [0.15, 0.2) is 39.9 Å². The van der Waals surface area contributed by atoms with Gasteiger partial charge in [-0.3, -0.25) is 9.59 Å². The number of nitrogens with zero attached hydrogens (tertiary/aromatic N) is 1. The molecule has 0 saturated heterocycles. The molecule has 2 amide bonds. The van der Waals surface area contributed by atoms with Gasteiger partial charge in [-0.2, -0.15) is 5.10 Å². The Hall–Kier alpha value is -3.11. The van der Waals surface area contributed by atoms with Gasteiger partial charge in [0.15, 0.2) is 18.1 Å². The molecule has 9 nitrogen and oxygen atoms in total. The number of benzene rings is 2. The van der Waals surface area contributed by atoms with Gasteiger partial charge in [-0.25, -0.2) is 10.2 Å². The third-order valence-electron chi connectivity index (χ3n) is 4.41. The molecule has 0 aliphatic carbocycles. The SMILES string of the molecule is CCOC(=O)COc1c(Br)cc(C=NNC(=O)CCC(=O)Nc2ccc(C)c(Cl)c2)cc1OCC. The van der Waals surface area contributed by atoms with Gasteiger partial charge in [-0.05, 0) is 72.1 Å². The van der Waals surface area contributed by atoms with Crippen molar-refractivity contribution < 1.29 is 28.6 Å². The standard InChI is InChI=1S/C24H27BrClN3O6/c1-4-33-20-11-16(10-18(25)24(20)35-14-23(32)34-5-2)13-27-29-22(31)9-8-21(30)28-17-7-6-15(3)19(26)12-17/h6-7,10-13H,4-5,8-9,14H2,1-3H3,(H,28,30)(H,29,31). The van der Waals surface area contributed by atoms with Crippen LogP contribution in [0.4, 0.5) is 5.69 Å². The molecule has 2 rings (SSSR count). The number of ether oxygens (including phenoxy) is 3. The summed E-state index contributed by atoms with van der Waals surface area (Å²) in [6, 6.07) is 8.54. The van der Waals surface area contributed by atoms with Gasteiger partial charge in [0.05, 0.1) is 23.9 Å². The maximum Gasteiger partial charge on any atom is 0.344 e. The first-order chi connectivity index (χ1) is 16.7. The fraction of sp³-hybridized carbons (Fsp3) is 0.333. The molecule has 0 fully saturated rings. The Kier molecular flexibility index (Phi) is 11.5. The maximum absolute atomic E-state index is 12.1. The summed E-state index contributed by atoms with van der Waals surface area (Å²) in [5.74, 6) is -0.482. The second kappa shape index (κ2) is 14.3. The Balaban J connectivity index is 1.90. The molecule has 2 N–H and O–H groups in total. The normalized spacial score (nSPS) is 10.7. The molecule has 0 aliphatic rings. The van der Waals surface area contributed by atoms with Crippen LogP contribution in [0.3, 0.4) is 0 Å². The molecule has 0 aromatic heterocycles. The predicted octanol–water partition coefficient (Wildman–Crippen LogP) is 4.62. The van der Waals surface area contributed by atoms with Crippen molar-refractivity contribution in [3.63, 3.8) is 0 Å². The van der Waals surface area contributed by atoms with Crippen LogP contribution in [-0.2, 0) is 19.1 Å². The molecule has 0 heterocycles. The molecule has 2 aromatic rings. The summed E-state index contributed by atoms with van der Waals surface area (Å²) in [7, 11) is 0. The average molecular weight is 569 g/mol. The number of nitrogens with one attached hydrogen (secondary N) is 2. The molecule has 0 radical (unpaired) electrons. The quantitative estimate of drug-likeness (QED) is 0.219. The van der Waals surface area contributed by atoms with Crippen molar-refractivity contribution >= 4 is 57.2 Å². The summed E-state index contributed by atoms with van der Waals surface area (Å²) >= 11 is 9.45. The molecule has 0 spiro atoms. The van der Waals surface area contributed by atoms with E-state index in [0.717, 1.165) is 5.56 Å². The van der Waals surface area contributed by atoms with E-state index in [1.165, 1.54) is 6.21 Å². The van der Waals surface area contributed by atoms with Gasteiger partial charge in [0.2, 0.25) is 11.8 Å². The Morgan fingerprint density at radius 3 is 2.49 bits per heavy atom. The van der Waals surface area contributed by atoms with Gasteiger partial charge in [-0.1, -0.05) is 17.7 Å². The zero-order valence-corrected chi connectivity index (χ0v) is 22.0. The van der Waals surface area contributed by atoms with E-state index in [0.29, 0.717) is 38.9 Å². The zero-order valence-electron chi connectivity index (χ0n) is 19.7. The van der Waals surface area contributed by atoms with E-state index >= 15 is 0 Å². The van der Waals surface area contributed by atoms with Crippen LogP contribution in [0.25, 0.3) is 0 Å². The van der Waals surface area contributed by atoms with Crippen LogP contribution < -0.4 is 20.2 Å². The number of esters is 1. The highest BCUT2D eigenvalue weighted by Crippen LogP contribution is 2.36. The van der Waals surface area contributed by atoms with Crippen molar-refractivity contribution in [3.05, 3.63) is 51.0 Å². The number of halogens is 2. The zero-order chi connectivity index (χ0) is 25.8. The highest BCUT2D eigenvalue weighted by Gasteiger charge is 2.14. The van der Waals surface area contributed by atoms with E-state index in [1.54, 1.807) is 37.3 Å². The van der Waals surface area contributed by atoms with Crippen LogP contribution in [0.2, 0.25) is 5.02 Å². The van der Waals surface area contributed by atoms with Crippen molar-refractivity contribution in [2.24, 2.45) is 5.10 Å². The van der Waals surface area contributed by atoms with Gasteiger partial charge in [0, 0.05) is 23.6 Å². The van der Waals surface area contributed by atoms with Crippen LogP contribution in [0.5, 0.6) is 11.5 Å². The summed E-state index contributed by atoms with van der Waals surface area (Å²) in [5, 5.41) is 7.18. The van der Waals surface area contributed by atoms with E-state index < -0.39 is 11.9 Å². The number of carbonyl (C=O) groups is 3. The first-order valence-corrected chi connectivity index (χ1v) is 12.0. The number of amides is 2. The topological polar surface area (TPSA) is 115 Å². The molecule has 2 aromatic carbocycles. The van der Waals surface area contributed by atoms with Gasteiger partial charge < -0.3 is 19.5 Å². The molecular weight excluding hydrogens is 542 g/mol. The van der Waals surface area contributed by atoms with Crippen molar-refractivity contribution in [3.8, 4) is 11.5 Å². The lowest BCUT2D eigenvalue weighted by molar-refractivity contribution is -0.145. The van der Waals surface area contributed by atoms with E-state index in [9.17, 15) is 14.4 Å². The molecule has 0 aliphatic heterocycles. The fourth-order valence-corrected chi connectivity index (χ4v) is 3.51. The summed E-state index contributed by atoms with van der Waals surface area (Å²) in [6.07, 6.45) is 1.37. The van der Waals surface area contributed by atoms with Crippen LogP contribution in [-0.4, -0.2) is 43.8 Å². The Labute approximate surface area is 217 Å². The van der Waals surface area contributed by atoms with Crippen LogP contribution >= 0.6 is 27.5 Å². The third kappa shape index (κ3) is 9.58. The number of anilines is 1.